The summed E-state index contributed by atoms with van der Waals surface area (Å²) in [5.41, 5.74) is 5.99. The van der Waals surface area contributed by atoms with Gasteiger partial charge in [-0.05, 0) is 54.8 Å². The van der Waals surface area contributed by atoms with Crippen LogP contribution >= 0.6 is 0 Å². The average molecular weight is 339 g/mol. The Hall–Kier alpha value is -3.15. The SMILES string of the molecule is COc1cccc(C=NNC(=O)CC(=O)Nc2ccc(C)c(C)c2)c1. The number of carbonyl (C=O) groups is 2. The predicted octanol–water partition coefficient (Wildman–Crippen LogP) is 2.79. The molecule has 6 heteroatoms. The van der Waals surface area contributed by atoms with Gasteiger partial charge in [0.1, 0.15) is 12.2 Å². The molecule has 0 aliphatic carbocycles. The van der Waals surface area contributed by atoms with Crippen LogP contribution in [0.1, 0.15) is 23.1 Å². The van der Waals surface area contributed by atoms with E-state index in [0.717, 1.165) is 16.7 Å². The number of aryl methyl sites for hydroxylation is 2. The van der Waals surface area contributed by atoms with Crippen LogP contribution in [-0.4, -0.2) is 25.1 Å². The summed E-state index contributed by atoms with van der Waals surface area (Å²) in [4.78, 5) is 23.7. The van der Waals surface area contributed by atoms with E-state index >= 15 is 0 Å². The fraction of sp³-hybridized carbons (Fsp3) is 0.211. The van der Waals surface area contributed by atoms with Crippen LogP contribution in [0.3, 0.4) is 0 Å². The largest absolute Gasteiger partial charge is 0.497 e. The van der Waals surface area contributed by atoms with Crippen molar-refractivity contribution in [1.82, 2.24) is 5.43 Å². The van der Waals surface area contributed by atoms with Crippen LogP contribution in [-0.2, 0) is 9.59 Å². The second-order valence-electron chi connectivity index (χ2n) is 5.59. The Morgan fingerprint density at radius 2 is 1.88 bits per heavy atom. The lowest BCUT2D eigenvalue weighted by Crippen LogP contribution is -2.24. The molecule has 2 amide bonds. The molecular formula is C19H21N3O3. The third-order valence-electron chi connectivity index (χ3n) is 3.61. The Balaban J connectivity index is 1.83. The van der Waals surface area contributed by atoms with Crippen LogP contribution in [0.5, 0.6) is 5.75 Å². The maximum Gasteiger partial charge on any atom is 0.249 e. The Labute approximate surface area is 146 Å². The first kappa shape index (κ1) is 18.2. The Morgan fingerprint density at radius 3 is 2.60 bits per heavy atom. The Morgan fingerprint density at radius 1 is 1.08 bits per heavy atom. The van der Waals surface area contributed by atoms with Crippen LogP contribution in [0.2, 0.25) is 0 Å². The highest BCUT2D eigenvalue weighted by atomic mass is 16.5. The third kappa shape index (κ3) is 5.76. The second kappa shape index (κ2) is 8.63. The van der Waals surface area contributed by atoms with Gasteiger partial charge >= 0.3 is 0 Å². The van der Waals surface area contributed by atoms with Crippen molar-refractivity contribution < 1.29 is 14.3 Å². The zero-order valence-corrected chi connectivity index (χ0v) is 14.5. The number of amides is 2. The van der Waals surface area contributed by atoms with Crippen molar-refractivity contribution in [3.63, 3.8) is 0 Å². The van der Waals surface area contributed by atoms with E-state index in [1.54, 1.807) is 19.2 Å². The molecule has 2 N–H and O–H groups in total. The molecule has 0 spiro atoms. The van der Waals surface area contributed by atoms with Crippen molar-refractivity contribution >= 4 is 23.7 Å². The number of anilines is 1. The molecule has 6 nitrogen and oxygen atoms in total. The summed E-state index contributed by atoms with van der Waals surface area (Å²) in [5.74, 6) is -0.180. The monoisotopic (exact) mass is 339 g/mol. The molecule has 2 aromatic rings. The molecule has 2 rings (SSSR count). The average Bonchev–Trinajstić information content (AvgIpc) is 2.58. The van der Waals surface area contributed by atoms with Crippen molar-refractivity contribution in [1.29, 1.82) is 0 Å². The van der Waals surface area contributed by atoms with E-state index in [9.17, 15) is 9.59 Å². The Kier molecular flexibility index (Phi) is 6.28. The van der Waals surface area contributed by atoms with Gasteiger partial charge in [0.05, 0.1) is 13.3 Å². The number of methoxy groups -OCH3 is 1. The fourth-order valence-electron chi connectivity index (χ4n) is 2.11. The molecule has 0 heterocycles. The molecule has 130 valence electrons. The number of hydrogen-bond donors (Lipinski definition) is 2. The lowest BCUT2D eigenvalue weighted by Gasteiger charge is -2.07. The van der Waals surface area contributed by atoms with Gasteiger partial charge in [-0.3, -0.25) is 9.59 Å². The van der Waals surface area contributed by atoms with E-state index in [0.29, 0.717) is 11.4 Å². The number of nitrogens with one attached hydrogen (secondary N) is 2. The predicted molar refractivity (Wildman–Crippen MR) is 97.9 cm³/mol. The number of carbonyl (C=O) groups excluding carboxylic acids is 2. The molecule has 0 atom stereocenters. The van der Waals surface area contributed by atoms with E-state index < -0.39 is 11.8 Å². The summed E-state index contributed by atoms with van der Waals surface area (Å²) in [6, 6.07) is 12.8. The molecule has 0 aliphatic heterocycles. The van der Waals surface area contributed by atoms with Crippen LogP contribution < -0.4 is 15.5 Å². The summed E-state index contributed by atoms with van der Waals surface area (Å²) >= 11 is 0. The first-order chi connectivity index (χ1) is 12.0. The van der Waals surface area contributed by atoms with Gasteiger partial charge in [-0.25, -0.2) is 5.43 Å². The third-order valence-corrected chi connectivity index (χ3v) is 3.61. The van der Waals surface area contributed by atoms with E-state index in [4.69, 9.17) is 4.74 Å². The molecule has 0 bridgehead atoms. The van der Waals surface area contributed by atoms with Crippen molar-refractivity contribution in [3.8, 4) is 5.75 Å². The summed E-state index contributed by atoms with van der Waals surface area (Å²) < 4.78 is 5.11. The smallest absolute Gasteiger partial charge is 0.249 e. The lowest BCUT2D eigenvalue weighted by molar-refractivity contribution is -0.126. The topological polar surface area (TPSA) is 79.8 Å². The molecule has 25 heavy (non-hydrogen) atoms. The van der Waals surface area contributed by atoms with Crippen molar-refractivity contribution in [2.75, 3.05) is 12.4 Å². The zero-order valence-electron chi connectivity index (χ0n) is 14.5. The van der Waals surface area contributed by atoms with Crippen LogP contribution in [0.4, 0.5) is 5.69 Å². The van der Waals surface area contributed by atoms with Crippen molar-refractivity contribution in [2.24, 2.45) is 5.10 Å². The van der Waals surface area contributed by atoms with E-state index in [2.05, 4.69) is 15.8 Å². The molecule has 2 aromatic carbocycles. The molecular weight excluding hydrogens is 318 g/mol. The fourth-order valence-corrected chi connectivity index (χ4v) is 2.11. The van der Waals surface area contributed by atoms with Gasteiger partial charge in [0.2, 0.25) is 11.8 Å². The molecule has 0 fully saturated rings. The van der Waals surface area contributed by atoms with Gasteiger partial charge in [-0.15, -0.1) is 0 Å². The van der Waals surface area contributed by atoms with Gasteiger partial charge in [-0.1, -0.05) is 18.2 Å². The highest BCUT2D eigenvalue weighted by Gasteiger charge is 2.09. The molecule has 0 saturated carbocycles. The minimum absolute atomic E-state index is 0.303. The Bertz CT molecular complexity index is 800. The molecule has 0 radical (unpaired) electrons. The number of hydrogen-bond acceptors (Lipinski definition) is 4. The molecule has 0 unspecified atom stereocenters. The summed E-state index contributed by atoms with van der Waals surface area (Å²) in [6.45, 7) is 3.96. The quantitative estimate of drug-likeness (QED) is 0.482. The summed E-state index contributed by atoms with van der Waals surface area (Å²) in [6.07, 6.45) is 1.18. The summed E-state index contributed by atoms with van der Waals surface area (Å²) in [7, 11) is 1.58. The minimum Gasteiger partial charge on any atom is -0.497 e. The van der Waals surface area contributed by atoms with Crippen molar-refractivity contribution in [2.45, 2.75) is 20.3 Å². The van der Waals surface area contributed by atoms with E-state index in [-0.39, 0.29) is 6.42 Å². The number of nitrogens with zero attached hydrogens (tertiary/aromatic N) is 1. The number of ether oxygens (including phenoxy) is 1. The van der Waals surface area contributed by atoms with Gasteiger partial charge < -0.3 is 10.1 Å². The molecule has 0 aromatic heterocycles. The van der Waals surface area contributed by atoms with Crippen LogP contribution in [0.25, 0.3) is 0 Å². The summed E-state index contributed by atoms with van der Waals surface area (Å²) in [5, 5.41) is 6.54. The number of rotatable bonds is 6. The van der Waals surface area contributed by atoms with E-state index in [1.165, 1.54) is 6.21 Å². The maximum absolute atomic E-state index is 11.9. The van der Waals surface area contributed by atoms with Gasteiger partial charge in [0.15, 0.2) is 0 Å². The van der Waals surface area contributed by atoms with Crippen LogP contribution in [0.15, 0.2) is 47.6 Å². The lowest BCUT2D eigenvalue weighted by atomic mass is 10.1. The van der Waals surface area contributed by atoms with Crippen LogP contribution in [0, 0.1) is 13.8 Å². The first-order valence-corrected chi connectivity index (χ1v) is 7.81. The normalized spacial score (nSPS) is 10.5. The van der Waals surface area contributed by atoms with E-state index in [1.807, 2.05) is 44.2 Å². The zero-order chi connectivity index (χ0) is 18.2. The number of benzene rings is 2. The second-order valence-corrected chi connectivity index (χ2v) is 5.59. The van der Waals surface area contributed by atoms with Gasteiger partial charge in [0, 0.05) is 5.69 Å². The molecule has 0 aliphatic rings. The first-order valence-electron chi connectivity index (χ1n) is 7.81. The maximum atomic E-state index is 11.9. The molecule has 0 saturated heterocycles. The van der Waals surface area contributed by atoms with Crippen molar-refractivity contribution in [3.05, 3.63) is 59.2 Å². The van der Waals surface area contributed by atoms with Gasteiger partial charge in [0.25, 0.3) is 0 Å². The minimum atomic E-state index is -0.486. The standard InChI is InChI=1S/C19H21N3O3/c1-13-7-8-16(9-14(13)2)21-18(23)11-19(24)22-20-12-15-5-4-6-17(10-15)25-3/h4-10,12H,11H2,1-3H3,(H,21,23)(H,22,24). The highest BCUT2D eigenvalue weighted by Crippen LogP contribution is 2.14. The highest BCUT2D eigenvalue weighted by molar-refractivity contribution is 6.03. The number of hydrazone groups is 1. The van der Waals surface area contributed by atoms with Gasteiger partial charge in [-0.2, -0.15) is 5.10 Å².